The van der Waals surface area contributed by atoms with Crippen LogP contribution >= 0.6 is 22.9 Å². The molecule has 3 rings (SSSR count). The van der Waals surface area contributed by atoms with E-state index in [2.05, 4.69) is 4.72 Å². The Morgan fingerprint density at radius 3 is 2.74 bits per heavy atom. The maximum atomic E-state index is 12.3. The summed E-state index contributed by atoms with van der Waals surface area (Å²) in [4.78, 5) is 11.6. The number of aryl methyl sites for hydroxylation is 1. The molecule has 1 aromatic heterocycles. The summed E-state index contributed by atoms with van der Waals surface area (Å²) in [6, 6.07) is 11.8. The van der Waals surface area contributed by atoms with Crippen molar-refractivity contribution in [3.8, 4) is 0 Å². The maximum absolute atomic E-state index is 12.3. The first-order valence-electron chi connectivity index (χ1n) is 6.68. The van der Waals surface area contributed by atoms with Crippen molar-refractivity contribution in [1.82, 2.24) is 4.57 Å². The van der Waals surface area contributed by atoms with Crippen LogP contribution < -0.4 is 9.60 Å². The summed E-state index contributed by atoms with van der Waals surface area (Å²) in [5.74, 6) is -0.170. The summed E-state index contributed by atoms with van der Waals surface area (Å²) in [7, 11) is -1.88. The van der Waals surface area contributed by atoms with E-state index in [-0.39, 0.29) is 10.6 Å². The second kappa shape index (κ2) is 5.99. The smallest absolute Gasteiger partial charge is 0.302 e. The molecule has 1 N–H and O–H groups in total. The van der Waals surface area contributed by atoms with Crippen molar-refractivity contribution in [3.05, 3.63) is 62.7 Å². The highest BCUT2D eigenvalue weighted by atomic mass is 35.5. The van der Waals surface area contributed by atoms with E-state index in [0.29, 0.717) is 16.3 Å². The number of nitrogens with zero attached hydrogens (tertiary/aromatic N) is 1. The average Bonchev–Trinajstić information content (AvgIpc) is 2.72. The maximum Gasteiger partial charge on any atom is 0.307 e. The van der Waals surface area contributed by atoms with Gasteiger partial charge in [-0.05, 0) is 35.9 Å². The van der Waals surface area contributed by atoms with Gasteiger partial charge in [-0.3, -0.25) is 9.52 Å². The van der Waals surface area contributed by atoms with Crippen molar-refractivity contribution in [2.24, 2.45) is 7.05 Å². The second-order valence-corrected chi connectivity index (χ2v) is 8.25. The molecule has 0 aliphatic rings. The van der Waals surface area contributed by atoms with Crippen LogP contribution in [0.25, 0.3) is 10.2 Å². The average molecular weight is 369 g/mol. The zero-order chi connectivity index (χ0) is 16.6. The lowest BCUT2D eigenvalue weighted by Gasteiger charge is -2.08. The number of sulfonamides is 1. The highest BCUT2D eigenvalue weighted by Gasteiger charge is 2.13. The van der Waals surface area contributed by atoms with Crippen LogP contribution in [0, 0.1) is 0 Å². The molecule has 0 atom stereocenters. The molecule has 1 heterocycles. The molecular weight excluding hydrogens is 356 g/mol. The van der Waals surface area contributed by atoms with Gasteiger partial charge in [0.25, 0.3) is 0 Å². The molecule has 0 aliphatic carbocycles. The quantitative estimate of drug-likeness (QED) is 0.768. The molecule has 0 saturated heterocycles. The van der Waals surface area contributed by atoms with Gasteiger partial charge in [0, 0.05) is 12.1 Å². The number of nitrogens with one attached hydrogen (secondary N) is 1. The standard InChI is InChI=1S/C15H13ClN2O3S2/c1-18-13-6-5-12(8-14(13)22-15(18)19)17-23(20,21)9-10-3-2-4-11(16)7-10/h2-8,17H,9H2,1H3. The first-order valence-corrected chi connectivity index (χ1v) is 9.53. The number of aromatic nitrogens is 1. The van der Waals surface area contributed by atoms with Gasteiger partial charge in [0.05, 0.1) is 21.7 Å². The topological polar surface area (TPSA) is 68.2 Å². The van der Waals surface area contributed by atoms with Gasteiger partial charge in [-0.1, -0.05) is 35.1 Å². The molecule has 3 aromatic rings. The van der Waals surface area contributed by atoms with Crippen molar-refractivity contribution < 1.29 is 8.42 Å². The predicted molar refractivity (Wildman–Crippen MR) is 94.8 cm³/mol. The monoisotopic (exact) mass is 368 g/mol. The molecule has 0 amide bonds. The Kier molecular flexibility index (Phi) is 4.18. The molecule has 120 valence electrons. The molecule has 2 aromatic carbocycles. The Hall–Kier alpha value is -1.83. The lowest BCUT2D eigenvalue weighted by molar-refractivity contribution is 0.600. The van der Waals surface area contributed by atoms with E-state index in [1.165, 1.54) is 4.57 Å². The molecular formula is C15H13ClN2O3S2. The normalized spacial score (nSPS) is 11.7. The van der Waals surface area contributed by atoms with Crippen LogP contribution in [0.2, 0.25) is 5.02 Å². The highest BCUT2D eigenvalue weighted by Crippen LogP contribution is 2.22. The van der Waals surface area contributed by atoms with E-state index in [1.807, 2.05) is 0 Å². The first-order chi connectivity index (χ1) is 10.8. The molecule has 0 fully saturated rings. The Bertz CT molecular complexity index is 1040. The Morgan fingerprint density at radius 1 is 1.22 bits per heavy atom. The number of benzene rings is 2. The van der Waals surface area contributed by atoms with E-state index in [0.717, 1.165) is 21.6 Å². The highest BCUT2D eigenvalue weighted by molar-refractivity contribution is 7.91. The second-order valence-electron chi connectivity index (χ2n) is 5.10. The van der Waals surface area contributed by atoms with E-state index in [4.69, 9.17) is 11.6 Å². The molecule has 0 saturated carbocycles. The summed E-state index contributed by atoms with van der Waals surface area (Å²) in [5.41, 5.74) is 1.81. The van der Waals surface area contributed by atoms with Gasteiger partial charge >= 0.3 is 4.87 Å². The molecule has 0 unspecified atom stereocenters. The fourth-order valence-corrected chi connectivity index (χ4v) is 4.57. The molecule has 5 nitrogen and oxygen atoms in total. The minimum Gasteiger partial charge on any atom is -0.302 e. The van der Waals surface area contributed by atoms with Crippen molar-refractivity contribution in [1.29, 1.82) is 0 Å². The lowest BCUT2D eigenvalue weighted by Crippen LogP contribution is -2.15. The van der Waals surface area contributed by atoms with Gasteiger partial charge in [0.15, 0.2) is 0 Å². The van der Waals surface area contributed by atoms with Gasteiger partial charge in [0.1, 0.15) is 0 Å². The number of hydrogen-bond acceptors (Lipinski definition) is 4. The van der Waals surface area contributed by atoms with Crippen LogP contribution in [0.5, 0.6) is 0 Å². The van der Waals surface area contributed by atoms with E-state index in [9.17, 15) is 13.2 Å². The van der Waals surface area contributed by atoms with Crippen molar-refractivity contribution >= 4 is 48.9 Å². The van der Waals surface area contributed by atoms with E-state index in [1.54, 1.807) is 49.5 Å². The summed E-state index contributed by atoms with van der Waals surface area (Å²) in [5, 5.41) is 0.494. The van der Waals surface area contributed by atoms with Gasteiger partial charge in [-0.15, -0.1) is 0 Å². The number of halogens is 1. The van der Waals surface area contributed by atoms with Crippen LogP contribution in [0.15, 0.2) is 47.3 Å². The first kappa shape index (κ1) is 16.0. The number of hydrogen-bond donors (Lipinski definition) is 1. The van der Waals surface area contributed by atoms with Gasteiger partial charge in [0.2, 0.25) is 10.0 Å². The fourth-order valence-electron chi connectivity index (χ4n) is 2.26. The molecule has 0 radical (unpaired) electrons. The Labute approximate surface area is 142 Å². The molecule has 8 heteroatoms. The van der Waals surface area contributed by atoms with Gasteiger partial charge in [-0.2, -0.15) is 0 Å². The van der Waals surface area contributed by atoms with Crippen molar-refractivity contribution in [3.63, 3.8) is 0 Å². The fraction of sp³-hybridized carbons (Fsp3) is 0.133. The van der Waals surface area contributed by atoms with Crippen LogP contribution in [-0.4, -0.2) is 13.0 Å². The van der Waals surface area contributed by atoms with E-state index < -0.39 is 10.0 Å². The zero-order valence-corrected chi connectivity index (χ0v) is 14.5. The summed E-state index contributed by atoms with van der Waals surface area (Å²) < 4.78 is 29.3. The SMILES string of the molecule is Cn1c(=O)sc2cc(NS(=O)(=O)Cc3cccc(Cl)c3)ccc21. The van der Waals surface area contributed by atoms with Crippen molar-refractivity contribution in [2.45, 2.75) is 5.75 Å². The third-order valence-corrected chi connectivity index (χ3v) is 5.80. The zero-order valence-electron chi connectivity index (χ0n) is 12.1. The van der Waals surface area contributed by atoms with Crippen LogP contribution in [0.4, 0.5) is 5.69 Å². The number of thiazole rings is 1. The minimum atomic E-state index is -3.57. The molecule has 23 heavy (non-hydrogen) atoms. The molecule has 0 aliphatic heterocycles. The third-order valence-electron chi connectivity index (χ3n) is 3.31. The largest absolute Gasteiger partial charge is 0.307 e. The Balaban J connectivity index is 1.86. The third kappa shape index (κ3) is 3.57. The summed E-state index contributed by atoms with van der Waals surface area (Å²) >= 11 is 6.95. The lowest BCUT2D eigenvalue weighted by atomic mass is 10.2. The minimum absolute atomic E-state index is 0.0843. The van der Waals surface area contributed by atoms with Crippen molar-refractivity contribution in [2.75, 3.05) is 4.72 Å². The summed E-state index contributed by atoms with van der Waals surface area (Å²) in [6.07, 6.45) is 0. The predicted octanol–water partition coefficient (Wildman–Crippen LogP) is 3.20. The van der Waals surface area contributed by atoms with Crippen LogP contribution in [0.1, 0.15) is 5.56 Å². The van der Waals surface area contributed by atoms with E-state index >= 15 is 0 Å². The number of fused-ring (bicyclic) bond motifs is 1. The molecule has 0 bridgehead atoms. The molecule has 0 spiro atoms. The van der Waals surface area contributed by atoms with Gasteiger partial charge in [-0.25, -0.2) is 8.42 Å². The number of rotatable bonds is 4. The Morgan fingerprint density at radius 2 is 2.00 bits per heavy atom. The summed E-state index contributed by atoms with van der Waals surface area (Å²) in [6.45, 7) is 0. The van der Waals surface area contributed by atoms with Crippen LogP contribution in [0.3, 0.4) is 0 Å². The van der Waals surface area contributed by atoms with Gasteiger partial charge < -0.3 is 4.57 Å². The van der Waals surface area contributed by atoms with Crippen LogP contribution in [-0.2, 0) is 22.8 Å². The number of anilines is 1.